The summed E-state index contributed by atoms with van der Waals surface area (Å²) in [5.74, 6) is -0.0522. The van der Waals surface area contributed by atoms with Gasteiger partial charge < -0.3 is 20.5 Å². The van der Waals surface area contributed by atoms with Crippen LogP contribution >= 0.6 is 11.6 Å². The largest absolute Gasteiger partial charge is 0.394 e. The van der Waals surface area contributed by atoms with Crippen LogP contribution in [0.3, 0.4) is 0 Å². The zero-order valence-corrected chi connectivity index (χ0v) is 12.3. The second-order valence-electron chi connectivity index (χ2n) is 4.45. The number of hydrogen-bond donors (Lipinski definition) is 3. The fourth-order valence-electron chi connectivity index (χ4n) is 1.64. The average molecular weight is 301 g/mol. The molecule has 0 heterocycles. The minimum Gasteiger partial charge on any atom is -0.394 e. The van der Waals surface area contributed by atoms with Crippen molar-refractivity contribution in [3.8, 4) is 0 Å². The Morgan fingerprint density at radius 1 is 1.35 bits per heavy atom. The Bertz CT molecular complexity index is 398. The van der Waals surface area contributed by atoms with Crippen LogP contribution in [0.15, 0.2) is 24.3 Å². The number of carbonyl (C=O) groups is 1. The van der Waals surface area contributed by atoms with Crippen molar-refractivity contribution in [2.45, 2.75) is 19.4 Å². The van der Waals surface area contributed by atoms with E-state index in [1.165, 1.54) is 0 Å². The van der Waals surface area contributed by atoms with E-state index < -0.39 is 0 Å². The highest BCUT2D eigenvalue weighted by atomic mass is 35.5. The third kappa shape index (κ3) is 7.45. The standard InChI is InChI=1S/C14H21ClN2O3/c1-11(16-6-8-20-9-7-18)10-14(19)17-13-4-2-12(15)3-5-13/h2-5,11,16,18H,6-10H2,1H3,(H,17,19)/t11-/m1/s1. The van der Waals surface area contributed by atoms with E-state index >= 15 is 0 Å². The van der Waals surface area contributed by atoms with Crippen molar-refractivity contribution in [2.24, 2.45) is 0 Å². The van der Waals surface area contributed by atoms with Gasteiger partial charge in [-0.15, -0.1) is 0 Å². The van der Waals surface area contributed by atoms with Crippen LogP contribution in [0.2, 0.25) is 5.02 Å². The van der Waals surface area contributed by atoms with Crippen LogP contribution in [0.25, 0.3) is 0 Å². The van der Waals surface area contributed by atoms with Gasteiger partial charge in [0.2, 0.25) is 5.91 Å². The molecule has 0 aliphatic carbocycles. The number of carbonyl (C=O) groups excluding carboxylic acids is 1. The highest BCUT2D eigenvalue weighted by Crippen LogP contribution is 2.13. The van der Waals surface area contributed by atoms with Crippen LogP contribution in [0.5, 0.6) is 0 Å². The van der Waals surface area contributed by atoms with Crippen LogP contribution in [-0.2, 0) is 9.53 Å². The number of aliphatic hydroxyl groups excluding tert-OH is 1. The lowest BCUT2D eigenvalue weighted by Crippen LogP contribution is -2.33. The van der Waals surface area contributed by atoms with Gasteiger partial charge in [0, 0.05) is 29.7 Å². The third-order valence-electron chi connectivity index (χ3n) is 2.59. The second-order valence-corrected chi connectivity index (χ2v) is 4.89. The molecule has 0 bridgehead atoms. The average Bonchev–Trinajstić information content (AvgIpc) is 2.41. The number of amides is 1. The molecule has 0 aliphatic heterocycles. The molecule has 0 aromatic heterocycles. The van der Waals surface area contributed by atoms with E-state index in [-0.39, 0.29) is 18.6 Å². The van der Waals surface area contributed by atoms with Crippen LogP contribution < -0.4 is 10.6 Å². The van der Waals surface area contributed by atoms with Crippen molar-refractivity contribution in [1.29, 1.82) is 0 Å². The number of aliphatic hydroxyl groups is 1. The maximum absolute atomic E-state index is 11.8. The maximum atomic E-state index is 11.8. The van der Waals surface area contributed by atoms with Gasteiger partial charge in [-0.25, -0.2) is 0 Å². The van der Waals surface area contributed by atoms with Crippen molar-refractivity contribution in [3.63, 3.8) is 0 Å². The van der Waals surface area contributed by atoms with Gasteiger partial charge in [-0.3, -0.25) is 4.79 Å². The number of rotatable bonds is 9. The molecule has 1 aromatic carbocycles. The molecule has 0 unspecified atom stereocenters. The normalized spacial score (nSPS) is 12.2. The summed E-state index contributed by atoms with van der Waals surface area (Å²) in [5.41, 5.74) is 0.734. The summed E-state index contributed by atoms with van der Waals surface area (Å²) in [6.07, 6.45) is 0.378. The summed E-state index contributed by atoms with van der Waals surface area (Å²) in [6, 6.07) is 7.05. The van der Waals surface area contributed by atoms with E-state index in [9.17, 15) is 4.79 Å². The molecule has 20 heavy (non-hydrogen) atoms. The molecular weight excluding hydrogens is 280 g/mol. The molecule has 3 N–H and O–H groups in total. The predicted molar refractivity (Wildman–Crippen MR) is 80.1 cm³/mol. The highest BCUT2D eigenvalue weighted by Gasteiger charge is 2.08. The summed E-state index contributed by atoms with van der Waals surface area (Å²) in [7, 11) is 0. The quantitative estimate of drug-likeness (QED) is 0.607. The first-order valence-corrected chi connectivity index (χ1v) is 6.97. The molecule has 1 amide bonds. The Balaban J connectivity index is 2.19. The minimum atomic E-state index is -0.0522. The van der Waals surface area contributed by atoms with E-state index in [4.69, 9.17) is 21.4 Å². The molecule has 5 nitrogen and oxygen atoms in total. The second kappa shape index (κ2) is 9.72. The summed E-state index contributed by atoms with van der Waals surface area (Å²) >= 11 is 5.78. The Morgan fingerprint density at radius 3 is 2.70 bits per heavy atom. The first kappa shape index (κ1) is 16.9. The lowest BCUT2D eigenvalue weighted by Gasteiger charge is -2.13. The van der Waals surface area contributed by atoms with E-state index in [2.05, 4.69) is 10.6 Å². The van der Waals surface area contributed by atoms with E-state index in [1.807, 2.05) is 6.92 Å². The van der Waals surface area contributed by atoms with Gasteiger partial charge in [-0.1, -0.05) is 11.6 Å². The van der Waals surface area contributed by atoms with E-state index in [0.717, 1.165) is 5.69 Å². The van der Waals surface area contributed by atoms with Crippen molar-refractivity contribution in [2.75, 3.05) is 31.7 Å². The van der Waals surface area contributed by atoms with Crippen LogP contribution in [0, 0.1) is 0 Å². The van der Waals surface area contributed by atoms with Gasteiger partial charge in [0.05, 0.1) is 19.8 Å². The maximum Gasteiger partial charge on any atom is 0.225 e. The van der Waals surface area contributed by atoms with Crippen LogP contribution in [0.1, 0.15) is 13.3 Å². The number of anilines is 1. The predicted octanol–water partition coefficient (Wildman–Crippen LogP) is 1.66. The first-order valence-electron chi connectivity index (χ1n) is 6.59. The minimum absolute atomic E-state index is 0.0268. The van der Waals surface area contributed by atoms with Gasteiger partial charge >= 0.3 is 0 Å². The molecule has 0 radical (unpaired) electrons. The van der Waals surface area contributed by atoms with Crippen LogP contribution in [0.4, 0.5) is 5.69 Å². The number of hydrogen-bond acceptors (Lipinski definition) is 4. The van der Waals surface area contributed by atoms with Crippen molar-refractivity contribution in [1.82, 2.24) is 5.32 Å². The van der Waals surface area contributed by atoms with Gasteiger partial charge in [0.25, 0.3) is 0 Å². The van der Waals surface area contributed by atoms with Gasteiger partial charge in [-0.05, 0) is 31.2 Å². The number of ether oxygens (including phenoxy) is 1. The fraction of sp³-hybridized carbons (Fsp3) is 0.500. The molecule has 0 saturated heterocycles. The highest BCUT2D eigenvalue weighted by molar-refractivity contribution is 6.30. The Morgan fingerprint density at radius 2 is 2.05 bits per heavy atom. The topological polar surface area (TPSA) is 70.6 Å². The summed E-state index contributed by atoms with van der Waals surface area (Å²) < 4.78 is 5.12. The van der Waals surface area contributed by atoms with Gasteiger partial charge in [0.15, 0.2) is 0 Å². The summed E-state index contributed by atoms with van der Waals surface area (Å²) in [4.78, 5) is 11.8. The Labute approximate surface area is 124 Å². The zero-order valence-electron chi connectivity index (χ0n) is 11.6. The van der Waals surface area contributed by atoms with Gasteiger partial charge in [-0.2, -0.15) is 0 Å². The third-order valence-corrected chi connectivity index (χ3v) is 2.85. The van der Waals surface area contributed by atoms with Crippen molar-refractivity contribution < 1.29 is 14.6 Å². The molecule has 1 rings (SSSR count). The van der Waals surface area contributed by atoms with Crippen molar-refractivity contribution >= 4 is 23.2 Å². The molecular formula is C14H21ClN2O3. The fourth-order valence-corrected chi connectivity index (χ4v) is 1.77. The van der Waals surface area contributed by atoms with E-state index in [1.54, 1.807) is 24.3 Å². The van der Waals surface area contributed by atoms with Crippen molar-refractivity contribution in [3.05, 3.63) is 29.3 Å². The smallest absolute Gasteiger partial charge is 0.225 e. The van der Waals surface area contributed by atoms with Crippen LogP contribution in [-0.4, -0.2) is 43.4 Å². The van der Waals surface area contributed by atoms with E-state index in [0.29, 0.717) is 31.2 Å². The lowest BCUT2D eigenvalue weighted by molar-refractivity contribution is -0.116. The molecule has 0 aliphatic rings. The number of benzene rings is 1. The molecule has 1 aromatic rings. The molecule has 0 saturated carbocycles. The number of halogens is 1. The first-order chi connectivity index (χ1) is 9.61. The summed E-state index contributed by atoms with van der Waals surface area (Å²) in [5, 5.41) is 15.2. The number of nitrogens with one attached hydrogen (secondary N) is 2. The molecule has 0 fully saturated rings. The Kier molecular flexibility index (Phi) is 8.22. The SMILES string of the molecule is C[C@H](CC(=O)Nc1ccc(Cl)cc1)NCCOCCO. The molecule has 1 atom stereocenters. The van der Waals surface area contributed by atoms with Gasteiger partial charge in [0.1, 0.15) is 0 Å². The molecule has 0 spiro atoms. The summed E-state index contributed by atoms with van der Waals surface area (Å²) in [6.45, 7) is 3.47. The molecule has 112 valence electrons. The monoisotopic (exact) mass is 300 g/mol. The Hall–Kier alpha value is -1.14. The lowest BCUT2D eigenvalue weighted by atomic mass is 10.2. The zero-order chi connectivity index (χ0) is 14.8. The molecule has 6 heteroatoms.